The highest BCUT2D eigenvalue weighted by Crippen LogP contribution is 2.19. The third kappa shape index (κ3) is 2.95. The van der Waals surface area contributed by atoms with Gasteiger partial charge in [0, 0.05) is 29.7 Å². The van der Waals surface area contributed by atoms with Gasteiger partial charge < -0.3 is 0 Å². The van der Waals surface area contributed by atoms with Crippen molar-refractivity contribution in [2.45, 2.75) is 0 Å². The topological polar surface area (TPSA) is 38.7 Å². The molecule has 94 valence electrons. The Balaban J connectivity index is 0.00000133. The van der Waals surface area contributed by atoms with E-state index in [2.05, 4.69) is 15.0 Å². The van der Waals surface area contributed by atoms with Crippen LogP contribution in [0.3, 0.4) is 0 Å². The molecule has 2 heterocycles. The molecule has 0 amide bonds. The molecule has 2 aromatic heterocycles. The largest absolute Gasteiger partial charge is 0.265 e. The SMILES string of the molecule is Cl.c1ccc(-c2nccc(-c3ccncc3)n2)cc1. The number of hydrogen-bond acceptors (Lipinski definition) is 3. The van der Waals surface area contributed by atoms with Crippen molar-refractivity contribution in [3.8, 4) is 22.6 Å². The van der Waals surface area contributed by atoms with Gasteiger partial charge in [0.15, 0.2) is 5.82 Å². The standard InChI is InChI=1S/C15H11N3.ClH/c1-2-4-13(5-3-1)15-17-11-8-14(18-15)12-6-9-16-10-7-12;/h1-11H;1H. The van der Waals surface area contributed by atoms with Gasteiger partial charge in [-0.3, -0.25) is 4.98 Å². The van der Waals surface area contributed by atoms with E-state index in [1.54, 1.807) is 18.6 Å². The number of halogens is 1. The quantitative estimate of drug-likeness (QED) is 0.713. The minimum absolute atomic E-state index is 0. The minimum Gasteiger partial charge on any atom is -0.265 e. The fraction of sp³-hybridized carbons (Fsp3) is 0. The first-order valence-electron chi connectivity index (χ1n) is 5.72. The maximum absolute atomic E-state index is 4.57. The van der Waals surface area contributed by atoms with E-state index in [-0.39, 0.29) is 12.4 Å². The average Bonchev–Trinajstić information content (AvgIpc) is 2.49. The second kappa shape index (κ2) is 6.07. The lowest BCUT2D eigenvalue weighted by atomic mass is 10.1. The third-order valence-corrected chi connectivity index (χ3v) is 2.66. The van der Waals surface area contributed by atoms with Gasteiger partial charge in [0.2, 0.25) is 0 Å². The van der Waals surface area contributed by atoms with Gasteiger partial charge in [0.05, 0.1) is 5.69 Å². The molecule has 0 bridgehead atoms. The van der Waals surface area contributed by atoms with Gasteiger partial charge in [-0.15, -0.1) is 12.4 Å². The van der Waals surface area contributed by atoms with Crippen LogP contribution in [0.1, 0.15) is 0 Å². The van der Waals surface area contributed by atoms with Crippen molar-refractivity contribution in [3.63, 3.8) is 0 Å². The van der Waals surface area contributed by atoms with E-state index in [9.17, 15) is 0 Å². The van der Waals surface area contributed by atoms with Gasteiger partial charge in [0.1, 0.15) is 0 Å². The van der Waals surface area contributed by atoms with Crippen molar-refractivity contribution in [3.05, 3.63) is 67.1 Å². The van der Waals surface area contributed by atoms with Crippen LogP contribution in [0.2, 0.25) is 0 Å². The summed E-state index contributed by atoms with van der Waals surface area (Å²) in [5.74, 6) is 0.741. The Morgan fingerprint density at radius 3 is 2.16 bits per heavy atom. The van der Waals surface area contributed by atoms with Crippen LogP contribution >= 0.6 is 12.4 Å². The Kier molecular flexibility index (Phi) is 4.21. The lowest BCUT2D eigenvalue weighted by molar-refractivity contribution is 1.18. The van der Waals surface area contributed by atoms with Crippen LogP contribution in [0, 0.1) is 0 Å². The summed E-state index contributed by atoms with van der Waals surface area (Å²) >= 11 is 0. The van der Waals surface area contributed by atoms with Crippen molar-refractivity contribution in [2.75, 3.05) is 0 Å². The highest BCUT2D eigenvalue weighted by atomic mass is 35.5. The summed E-state index contributed by atoms with van der Waals surface area (Å²) in [6.45, 7) is 0. The molecule has 0 atom stereocenters. The predicted octanol–water partition coefficient (Wildman–Crippen LogP) is 3.63. The minimum atomic E-state index is 0. The zero-order chi connectivity index (χ0) is 12.2. The summed E-state index contributed by atoms with van der Waals surface area (Å²) in [5.41, 5.74) is 2.98. The maximum Gasteiger partial charge on any atom is 0.159 e. The molecule has 1 aromatic carbocycles. The predicted molar refractivity (Wildman–Crippen MR) is 77.9 cm³/mol. The summed E-state index contributed by atoms with van der Waals surface area (Å²) in [6.07, 6.45) is 5.31. The summed E-state index contributed by atoms with van der Waals surface area (Å²) in [7, 11) is 0. The van der Waals surface area contributed by atoms with Gasteiger partial charge in [-0.25, -0.2) is 9.97 Å². The van der Waals surface area contributed by atoms with Crippen molar-refractivity contribution in [2.24, 2.45) is 0 Å². The lowest BCUT2D eigenvalue weighted by Gasteiger charge is -2.03. The first-order chi connectivity index (χ1) is 8.93. The van der Waals surface area contributed by atoms with Gasteiger partial charge >= 0.3 is 0 Å². The number of pyridine rings is 1. The highest BCUT2D eigenvalue weighted by molar-refractivity contribution is 5.85. The van der Waals surface area contributed by atoms with Gasteiger partial charge in [-0.1, -0.05) is 30.3 Å². The second-order valence-corrected chi connectivity index (χ2v) is 3.87. The van der Waals surface area contributed by atoms with Crippen LogP contribution in [-0.2, 0) is 0 Å². The molecule has 3 nitrogen and oxygen atoms in total. The summed E-state index contributed by atoms with van der Waals surface area (Å²) in [4.78, 5) is 12.9. The average molecular weight is 270 g/mol. The van der Waals surface area contributed by atoms with Crippen LogP contribution in [-0.4, -0.2) is 15.0 Å². The van der Waals surface area contributed by atoms with Crippen molar-refractivity contribution < 1.29 is 0 Å². The van der Waals surface area contributed by atoms with E-state index >= 15 is 0 Å². The fourth-order valence-electron chi connectivity index (χ4n) is 1.77. The maximum atomic E-state index is 4.57. The zero-order valence-electron chi connectivity index (χ0n) is 10.1. The van der Waals surface area contributed by atoms with E-state index < -0.39 is 0 Å². The van der Waals surface area contributed by atoms with Crippen molar-refractivity contribution in [1.29, 1.82) is 0 Å². The number of aromatic nitrogens is 3. The van der Waals surface area contributed by atoms with E-state index in [1.807, 2.05) is 48.5 Å². The summed E-state index contributed by atoms with van der Waals surface area (Å²) in [5, 5.41) is 0. The molecule has 0 saturated heterocycles. The van der Waals surface area contributed by atoms with Crippen LogP contribution in [0.4, 0.5) is 0 Å². The Morgan fingerprint density at radius 1 is 0.684 bits per heavy atom. The Bertz CT molecular complexity index is 587. The monoisotopic (exact) mass is 269 g/mol. The molecule has 0 saturated carbocycles. The molecule has 4 heteroatoms. The Morgan fingerprint density at radius 2 is 1.42 bits per heavy atom. The fourth-order valence-corrected chi connectivity index (χ4v) is 1.77. The van der Waals surface area contributed by atoms with Gasteiger partial charge in [-0.2, -0.15) is 0 Å². The van der Waals surface area contributed by atoms with Crippen LogP contribution < -0.4 is 0 Å². The molecule has 0 aliphatic heterocycles. The molecule has 0 unspecified atom stereocenters. The zero-order valence-corrected chi connectivity index (χ0v) is 10.9. The molecule has 0 N–H and O–H groups in total. The first-order valence-corrected chi connectivity index (χ1v) is 5.72. The second-order valence-electron chi connectivity index (χ2n) is 3.87. The molecule has 3 aromatic rings. The molecular formula is C15H12ClN3. The van der Waals surface area contributed by atoms with Gasteiger partial charge in [0.25, 0.3) is 0 Å². The molecule has 0 fully saturated rings. The van der Waals surface area contributed by atoms with E-state index in [4.69, 9.17) is 0 Å². The molecule has 0 aliphatic carbocycles. The number of nitrogens with zero attached hydrogens (tertiary/aromatic N) is 3. The van der Waals surface area contributed by atoms with Crippen molar-refractivity contribution >= 4 is 12.4 Å². The molecule has 0 spiro atoms. The summed E-state index contributed by atoms with van der Waals surface area (Å²) in [6, 6.07) is 15.7. The third-order valence-electron chi connectivity index (χ3n) is 2.66. The highest BCUT2D eigenvalue weighted by Gasteiger charge is 2.03. The molecular weight excluding hydrogens is 258 g/mol. The van der Waals surface area contributed by atoms with E-state index in [1.165, 1.54) is 0 Å². The molecule has 0 aliphatic rings. The smallest absolute Gasteiger partial charge is 0.159 e. The molecule has 19 heavy (non-hydrogen) atoms. The van der Waals surface area contributed by atoms with E-state index in [0.717, 1.165) is 22.6 Å². The van der Waals surface area contributed by atoms with E-state index in [0.29, 0.717) is 0 Å². The van der Waals surface area contributed by atoms with Crippen LogP contribution in [0.5, 0.6) is 0 Å². The first kappa shape index (κ1) is 13.2. The molecule has 3 rings (SSSR count). The van der Waals surface area contributed by atoms with Crippen LogP contribution in [0.25, 0.3) is 22.6 Å². The number of benzene rings is 1. The number of rotatable bonds is 2. The Hall–Kier alpha value is -2.26. The van der Waals surface area contributed by atoms with Gasteiger partial charge in [-0.05, 0) is 18.2 Å². The normalized spacial score (nSPS) is 9.68. The van der Waals surface area contributed by atoms with Crippen LogP contribution in [0.15, 0.2) is 67.1 Å². The number of hydrogen-bond donors (Lipinski definition) is 0. The molecule has 0 radical (unpaired) electrons. The van der Waals surface area contributed by atoms with Crippen molar-refractivity contribution in [1.82, 2.24) is 15.0 Å². The Labute approximate surface area is 117 Å². The lowest BCUT2D eigenvalue weighted by Crippen LogP contribution is -1.91. The summed E-state index contributed by atoms with van der Waals surface area (Å²) < 4.78 is 0.